The zero-order valence-electron chi connectivity index (χ0n) is 12.5. The fraction of sp³-hybridized carbons (Fsp3) is 0.529. The van der Waals surface area contributed by atoms with E-state index in [1.165, 1.54) is 0 Å². The molecule has 0 aliphatic heterocycles. The second kappa shape index (κ2) is 8.21. The topological polar surface area (TPSA) is 73.1 Å². The molecule has 118 valence electrons. The molecule has 0 radical (unpaired) electrons. The van der Waals surface area contributed by atoms with Gasteiger partial charge in [0, 0.05) is 11.2 Å². The van der Waals surface area contributed by atoms with E-state index in [1.807, 2.05) is 30.3 Å². The summed E-state index contributed by atoms with van der Waals surface area (Å²) < 4.78 is 0. The standard InChI is InChI=1S/C17H22N2O2S/c18-9-10-19-17(21)15-4-2-1-3-14(15)16(22)13-7-5-12(11-20)6-8-13/h5-8,14-16,20,22H,1-4,10-11H2,(H,19,21). The third-order valence-electron chi connectivity index (χ3n) is 4.41. The fourth-order valence-electron chi connectivity index (χ4n) is 3.19. The summed E-state index contributed by atoms with van der Waals surface area (Å²) in [5.41, 5.74) is 1.95. The average molecular weight is 318 g/mol. The maximum Gasteiger partial charge on any atom is 0.224 e. The number of thiol groups is 1. The summed E-state index contributed by atoms with van der Waals surface area (Å²) in [5.74, 6) is 0.0650. The van der Waals surface area contributed by atoms with Crippen LogP contribution in [0.15, 0.2) is 24.3 Å². The first-order valence-corrected chi connectivity index (χ1v) is 8.21. The van der Waals surface area contributed by atoms with Crippen molar-refractivity contribution in [2.45, 2.75) is 37.5 Å². The van der Waals surface area contributed by atoms with Gasteiger partial charge in [-0.15, -0.1) is 0 Å². The van der Waals surface area contributed by atoms with Gasteiger partial charge in [-0.3, -0.25) is 4.79 Å². The number of aliphatic hydroxyl groups excluding tert-OH is 1. The number of nitrogens with zero attached hydrogens (tertiary/aromatic N) is 1. The molecule has 5 heteroatoms. The normalized spacial score (nSPS) is 22.6. The van der Waals surface area contributed by atoms with Crippen LogP contribution in [0.25, 0.3) is 0 Å². The van der Waals surface area contributed by atoms with Crippen molar-refractivity contribution in [1.82, 2.24) is 5.32 Å². The SMILES string of the molecule is N#CCNC(=O)C1CCCCC1C(S)c1ccc(CO)cc1. The third-order valence-corrected chi connectivity index (χ3v) is 5.09. The van der Waals surface area contributed by atoms with Crippen LogP contribution in [0.2, 0.25) is 0 Å². The lowest BCUT2D eigenvalue weighted by molar-refractivity contribution is -0.127. The Bertz CT molecular complexity index is 539. The Kier molecular flexibility index (Phi) is 6.29. The van der Waals surface area contributed by atoms with Crippen LogP contribution in [-0.2, 0) is 11.4 Å². The van der Waals surface area contributed by atoms with Crippen molar-refractivity contribution in [3.63, 3.8) is 0 Å². The molecule has 0 bridgehead atoms. The van der Waals surface area contributed by atoms with Gasteiger partial charge >= 0.3 is 0 Å². The van der Waals surface area contributed by atoms with E-state index < -0.39 is 0 Å². The predicted molar refractivity (Wildman–Crippen MR) is 88.2 cm³/mol. The molecule has 0 aromatic heterocycles. The van der Waals surface area contributed by atoms with Gasteiger partial charge < -0.3 is 10.4 Å². The minimum absolute atomic E-state index is 0.00845. The number of amides is 1. The van der Waals surface area contributed by atoms with Crippen LogP contribution in [0.3, 0.4) is 0 Å². The van der Waals surface area contributed by atoms with E-state index in [4.69, 9.17) is 23.0 Å². The second-order valence-electron chi connectivity index (χ2n) is 5.78. The third kappa shape index (κ3) is 4.02. The minimum Gasteiger partial charge on any atom is -0.392 e. The number of hydrogen-bond donors (Lipinski definition) is 3. The summed E-state index contributed by atoms with van der Waals surface area (Å²) in [7, 11) is 0. The van der Waals surface area contributed by atoms with Crippen molar-refractivity contribution in [1.29, 1.82) is 5.26 Å². The Morgan fingerprint density at radius 1 is 1.36 bits per heavy atom. The molecule has 1 aliphatic rings. The Morgan fingerprint density at radius 2 is 2.05 bits per heavy atom. The highest BCUT2D eigenvalue weighted by Crippen LogP contribution is 2.42. The van der Waals surface area contributed by atoms with Gasteiger partial charge in [0.2, 0.25) is 5.91 Å². The fourth-order valence-corrected chi connectivity index (χ4v) is 3.72. The summed E-state index contributed by atoms with van der Waals surface area (Å²) in [6, 6.07) is 9.69. The van der Waals surface area contributed by atoms with Crippen molar-refractivity contribution < 1.29 is 9.90 Å². The molecule has 3 unspecified atom stereocenters. The van der Waals surface area contributed by atoms with E-state index in [0.717, 1.165) is 36.8 Å². The highest BCUT2D eigenvalue weighted by atomic mass is 32.1. The van der Waals surface area contributed by atoms with E-state index in [0.29, 0.717) is 0 Å². The molecule has 2 rings (SSSR count). The monoisotopic (exact) mass is 318 g/mol. The van der Waals surface area contributed by atoms with E-state index in [9.17, 15) is 4.79 Å². The highest BCUT2D eigenvalue weighted by Gasteiger charge is 2.35. The second-order valence-corrected chi connectivity index (χ2v) is 6.33. The quantitative estimate of drug-likeness (QED) is 0.577. The molecule has 0 heterocycles. The molecule has 3 atom stereocenters. The van der Waals surface area contributed by atoms with Crippen molar-refractivity contribution >= 4 is 18.5 Å². The van der Waals surface area contributed by atoms with E-state index in [2.05, 4.69) is 5.32 Å². The molecule has 1 aromatic carbocycles. The number of carbonyl (C=O) groups excluding carboxylic acids is 1. The van der Waals surface area contributed by atoms with Crippen LogP contribution in [0, 0.1) is 23.2 Å². The Labute approximate surface area is 136 Å². The maximum absolute atomic E-state index is 12.3. The molecule has 1 aliphatic carbocycles. The lowest BCUT2D eigenvalue weighted by atomic mass is 9.75. The van der Waals surface area contributed by atoms with Crippen LogP contribution >= 0.6 is 12.6 Å². The zero-order chi connectivity index (χ0) is 15.9. The Balaban J connectivity index is 2.11. The van der Waals surface area contributed by atoms with Gasteiger partial charge in [0.05, 0.1) is 12.7 Å². The van der Waals surface area contributed by atoms with Gasteiger partial charge in [-0.1, -0.05) is 37.1 Å². The molecule has 2 N–H and O–H groups in total. The summed E-state index contributed by atoms with van der Waals surface area (Å²) in [5, 5.41) is 20.4. The summed E-state index contributed by atoms with van der Waals surface area (Å²) in [6.07, 6.45) is 3.98. The average Bonchev–Trinajstić information content (AvgIpc) is 2.59. The molecule has 0 spiro atoms. The number of carbonyl (C=O) groups is 1. The molecule has 22 heavy (non-hydrogen) atoms. The van der Waals surface area contributed by atoms with Gasteiger partial charge in [-0.25, -0.2) is 0 Å². The number of hydrogen-bond acceptors (Lipinski definition) is 4. The summed E-state index contributed by atoms with van der Waals surface area (Å²) in [6.45, 7) is 0.0879. The largest absolute Gasteiger partial charge is 0.392 e. The molecule has 0 saturated heterocycles. The maximum atomic E-state index is 12.3. The van der Waals surface area contributed by atoms with Crippen molar-refractivity contribution in [3.8, 4) is 6.07 Å². The highest BCUT2D eigenvalue weighted by molar-refractivity contribution is 7.80. The molecule has 1 fully saturated rings. The van der Waals surface area contributed by atoms with E-state index in [-0.39, 0.29) is 36.1 Å². The van der Waals surface area contributed by atoms with Gasteiger partial charge in [0.25, 0.3) is 0 Å². The van der Waals surface area contributed by atoms with Crippen LogP contribution in [-0.4, -0.2) is 17.6 Å². The van der Waals surface area contributed by atoms with Crippen LogP contribution < -0.4 is 5.32 Å². The first-order valence-electron chi connectivity index (χ1n) is 7.69. The van der Waals surface area contributed by atoms with E-state index in [1.54, 1.807) is 0 Å². The minimum atomic E-state index is -0.0814. The van der Waals surface area contributed by atoms with Crippen molar-refractivity contribution in [3.05, 3.63) is 35.4 Å². The molecule has 1 amide bonds. The molecular weight excluding hydrogens is 296 g/mol. The van der Waals surface area contributed by atoms with Crippen molar-refractivity contribution in [2.24, 2.45) is 11.8 Å². The number of nitriles is 1. The number of aliphatic hydroxyl groups is 1. The first kappa shape index (κ1) is 16.9. The first-order chi connectivity index (χ1) is 10.7. The Hall–Kier alpha value is -1.51. The Morgan fingerprint density at radius 3 is 2.68 bits per heavy atom. The van der Waals surface area contributed by atoms with Gasteiger partial charge in [-0.05, 0) is 29.9 Å². The number of benzene rings is 1. The molecular formula is C17H22N2O2S. The van der Waals surface area contributed by atoms with Gasteiger partial charge in [-0.2, -0.15) is 17.9 Å². The lowest BCUT2D eigenvalue weighted by Gasteiger charge is -2.34. The van der Waals surface area contributed by atoms with Gasteiger partial charge in [0.1, 0.15) is 6.54 Å². The summed E-state index contributed by atoms with van der Waals surface area (Å²) in [4.78, 5) is 12.3. The van der Waals surface area contributed by atoms with Crippen LogP contribution in [0.1, 0.15) is 42.1 Å². The smallest absolute Gasteiger partial charge is 0.224 e. The van der Waals surface area contributed by atoms with Crippen molar-refractivity contribution in [2.75, 3.05) is 6.54 Å². The number of rotatable bonds is 5. The van der Waals surface area contributed by atoms with Crippen LogP contribution in [0.5, 0.6) is 0 Å². The van der Waals surface area contributed by atoms with E-state index >= 15 is 0 Å². The zero-order valence-corrected chi connectivity index (χ0v) is 13.4. The number of nitrogens with one attached hydrogen (secondary N) is 1. The molecule has 1 saturated carbocycles. The predicted octanol–water partition coefficient (Wildman–Crippen LogP) is 2.60. The lowest BCUT2D eigenvalue weighted by Crippen LogP contribution is -2.38. The molecule has 4 nitrogen and oxygen atoms in total. The molecule has 1 aromatic rings. The van der Waals surface area contributed by atoms with Crippen LogP contribution in [0.4, 0.5) is 0 Å². The summed E-state index contributed by atoms with van der Waals surface area (Å²) >= 11 is 4.76. The van der Waals surface area contributed by atoms with Gasteiger partial charge in [0.15, 0.2) is 0 Å².